The van der Waals surface area contributed by atoms with E-state index in [9.17, 15) is 8.42 Å². The lowest BCUT2D eigenvalue weighted by atomic mass is 10.2. The molecule has 1 N–H and O–H groups in total. The van der Waals surface area contributed by atoms with Gasteiger partial charge in [0.05, 0.1) is 11.5 Å². The first-order chi connectivity index (χ1) is 8.66. The Morgan fingerprint density at radius 3 is 2.78 bits per heavy atom. The molecule has 100 valence electrons. The second kappa shape index (κ2) is 6.59. The van der Waals surface area contributed by atoms with Gasteiger partial charge in [-0.1, -0.05) is 18.2 Å². The molecule has 0 spiro atoms. The first kappa shape index (κ1) is 13.9. The predicted octanol–water partition coefficient (Wildman–Crippen LogP) is 1.95. The Morgan fingerprint density at radius 2 is 2.06 bits per heavy atom. The molecule has 0 aliphatic carbocycles. The SMILES string of the molecule is O=S1(=O)CCCC(NCCSc2ccccc2)C1. The first-order valence-corrected chi connectivity index (χ1v) is 9.08. The Kier molecular flexibility index (Phi) is 5.09. The number of sulfone groups is 1. The van der Waals surface area contributed by atoms with Crippen LogP contribution in [-0.4, -0.2) is 38.3 Å². The van der Waals surface area contributed by atoms with Crippen LogP contribution in [0.25, 0.3) is 0 Å². The van der Waals surface area contributed by atoms with Crippen molar-refractivity contribution in [3.05, 3.63) is 30.3 Å². The predicted molar refractivity (Wildman–Crippen MR) is 76.8 cm³/mol. The molecule has 1 saturated heterocycles. The summed E-state index contributed by atoms with van der Waals surface area (Å²) in [4.78, 5) is 1.26. The van der Waals surface area contributed by atoms with Crippen molar-refractivity contribution in [3.63, 3.8) is 0 Å². The highest BCUT2D eigenvalue weighted by Gasteiger charge is 2.23. The fraction of sp³-hybridized carbons (Fsp3) is 0.538. The van der Waals surface area contributed by atoms with Gasteiger partial charge in [-0.15, -0.1) is 11.8 Å². The minimum atomic E-state index is -2.79. The number of nitrogens with one attached hydrogen (secondary N) is 1. The number of hydrogen-bond acceptors (Lipinski definition) is 4. The molecule has 1 aromatic carbocycles. The van der Waals surface area contributed by atoms with Crippen molar-refractivity contribution in [2.24, 2.45) is 0 Å². The summed E-state index contributed by atoms with van der Waals surface area (Å²) < 4.78 is 22.9. The lowest BCUT2D eigenvalue weighted by molar-refractivity contribution is 0.492. The third-order valence-electron chi connectivity index (χ3n) is 3.01. The van der Waals surface area contributed by atoms with Crippen LogP contribution >= 0.6 is 11.8 Å². The summed E-state index contributed by atoms with van der Waals surface area (Å²) in [5, 5.41) is 3.35. The largest absolute Gasteiger partial charge is 0.312 e. The van der Waals surface area contributed by atoms with Crippen LogP contribution in [0.1, 0.15) is 12.8 Å². The quantitative estimate of drug-likeness (QED) is 0.663. The first-order valence-electron chi connectivity index (χ1n) is 6.27. The molecule has 2 rings (SSSR count). The van der Waals surface area contributed by atoms with Crippen molar-refractivity contribution in [1.29, 1.82) is 0 Å². The minimum absolute atomic E-state index is 0.153. The topological polar surface area (TPSA) is 46.2 Å². The standard InChI is InChI=1S/C13H19NO2S2/c15-18(16)10-4-5-12(11-18)14-8-9-17-13-6-2-1-3-7-13/h1-3,6-7,12,14H,4-5,8-11H2. The number of rotatable bonds is 5. The molecule has 5 heteroatoms. The van der Waals surface area contributed by atoms with Gasteiger partial charge in [0.25, 0.3) is 0 Å². The molecular weight excluding hydrogens is 266 g/mol. The van der Waals surface area contributed by atoms with Crippen molar-refractivity contribution in [2.75, 3.05) is 23.8 Å². The van der Waals surface area contributed by atoms with Crippen LogP contribution in [0.2, 0.25) is 0 Å². The third-order valence-corrected chi connectivity index (χ3v) is 5.84. The summed E-state index contributed by atoms with van der Waals surface area (Å²) in [7, 11) is -2.79. The van der Waals surface area contributed by atoms with Crippen LogP contribution in [0.3, 0.4) is 0 Å². The average molecular weight is 285 g/mol. The maximum absolute atomic E-state index is 11.5. The monoisotopic (exact) mass is 285 g/mol. The molecule has 1 unspecified atom stereocenters. The molecule has 0 amide bonds. The molecule has 1 fully saturated rings. The highest BCUT2D eigenvalue weighted by Crippen LogP contribution is 2.16. The Balaban J connectivity index is 1.67. The molecule has 1 aliphatic rings. The van der Waals surface area contributed by atoms with E-state index in [1.54, 1.807) is 11.8 Å². The fourth-order valence-electron chi connectivity index (χ4n) is 2.13. The summed E-state index contributed by atoms with van der Waals surface area (Å²) in [6, 6.07) is 10.4. The molecule has 0 saturated carbocycles. The van der Waals surface area contributed by atoms with Gasteiger partial charge in [-0.2, -0.15) is 0 Å². The second-order valence-corrected chi connectivity index (χ2v) is 7.97. The number of benzene rings is 1. The molecule has 18 heavy (non-hydrogen) atoms. The Hall–Kier alpha value is -0.520. The van der Waals surface area contributed by atoms with Crippen LogP contribution in [0.4, 0.5) is 0 Å². The van der Waals surface area contributed by atoms with Crippen molar-refractivity contribution in [1.82, 2.24) is 5.32 Å². The van der Waals surface area contributed by atoms with E-state index in [0.717, 1.165) is 25.1 Å². The Morgan fingerprint density at radius 1 is 1.28 bits per heavy atom. The molecule has 0 bridgehead atoms. The third kappa shape index (κ3) is 4.63. The molecule has 3 nitrogen and oxygen atoms in total. The summed E-state index contributed by atoms with van der Waals surface area (Å²) in [6.07, 6.45) is 1.78. The maximum atomic E-state index is 11.5. The lowest BCUT2D eigenvalue weighted by Gasteiger charge is -2.22. The summed E-state index contributed by atoms with van der Waals surface area (Å²) in [5.41, 5.74) is 0. The maximum Gasteiger partial charge on any atom is 0.151 e. The van der Waals surface area contributed by atoms with E-state index < -0.39 is 9.84 Å². The zero-order chi connectivity index (χ0) is 12.8. The van der Waals surface area contributed by atoms with Crippen LogP contribution in [0.15, 0.2) is 35.2 Å². The summed E-state index contributed by atoms with van der Waals surface area (Å²) in [6.45, 7) is 0.861. The number of thioether (sulfide) groups is 1. The molecule has 1 aliphatic heterocycles. The second-order valence-electron chi connectivity index (χ2n) is 4.57. The van der Waals surface area contributed by atoms with Crippen LogP contribution in [0.5, 0.6) is 0 Å². The zero-order valence-corrected chi connectivity index (χ0v) is 12.0. The minimum Gasteiger partial charge on any atom is -0.312 e. The van der Waals surface area contributed by atoms with Crippen molar-refractivity contribution in [3.8, 4) is 0 Å². The van der Waals surface area contributed by atoms with E-state index in [1.165, 1.54) is 4.90 Å². The smallest absolute Gasteiger partial charge is 0.151 e. The zero-order valence-electron chi connectivity index (χ0n) is 10.3. The van der Waals surface area contributed by atoms with E-state index >= 15 is 0 Å². The van der Waals surface area contributed by atoms with Crippen molar-refractivity contribution in [2.45, 2.75) is 23.8 Å². The Bertz CT molecular complexity index is 459. The van der Waals surface area contributed by atoms with E-state index in [-0.39, 0.29) is 6.04 Å². The van der Waals surface area contributed by atoms with Crippen molar-refractivity contribution >= 4 is 21.6 Å². The number of hydrogen-bond donors (Lipinski definition) is 1. The molecule has 1 heterocycles. The van der Waals surface area contributed by atoms with Gasteiger partial charge in [-0.3, -0.25) is 0 Å². The molecule has 0 aromatic heterocycles. The van der Waals surface area contributed by atoms with Gasteiger partial charge in [-0.05, 0) is 25.0 Å². The fourth-order valence-corrected chi connectivity index (χ4v) is 4.61. The normalized spacial score (nSPS) is 22.8. The van der Waals surface area contributed by atoms with E-state index in [1.807, 2.05) is 18.2 Å². The van der Waals surface area contributed by atoms with Crippen LogP contribution < -0.4 is 5.32 Å². The van der Waals surface area contributed by atoms with Gasteiger partial charge in [0.1, 0.15) is 0 Å². The van der Waals surface area contributed by atoms with Gasteiger partial charge in [0, 0.05) is 23.2 Å². The van der Waals surface area contributed by atoms with Gasteiger partial charge in [0.15, 0.2) is 9.84 Å². The highest BCUT2D eigenvalue weighted by molar-refractivity contribution is 7.99. The lowest BCUT2D eigenvalue weighted by Crippen LogP contribution is -2.41. The van der Waals surface area contributed by atoms with Gasteiger partial charge in [0.2, 0.25) is 0 Å². The van der Waals surface area contributed by atoms with Crippen LogP contribution in [0, 0.1) is 0 Å². The molecular formula is C13H19NO2S2. The van der Waals surface area contributed by atoms with Gasteiger partial charge < -0.3 is 5.32 Å². The molecule has 1 atom stereocenters. The summed E-state index contributed by atoms with van der Waals surface area (Å²) in [5.74, 6) is 1.65. The molecule has 0 radical (unpaired) electrons. The van der Waals surface area contributed by atoms with Gasteiger partial charge in [-0.25, -0.2) is 8.42 Å². The van der Waals surface area contributed by atoms with Crippen LogP contribution in [-0.2, 0) is 9.84 Å². The van der Waals surface area contributed by atoms with Crippen molar-refractivity contribution < 1.29 is 8.42 Å². The Labute approximate surface area is 113 Å². The van der Waals surface area contributed by atoms with E-state index in [2.05, 4.69) is 17.4 Å². The average Bonchev–Trinajstić information content (AvgIpc) is 2.35. The highest BCUT2D eigenvalue weighted by atomic mass is 32.2. The van der Waals surface area contributed by atoms with E-state index in [0.29, 0.717) is 11.5 Å². The van der Waals surface area contributed by atoms with E-state index in [4.69, 9.17) is 0 Å². The molecule has 1 aromatic rings. The van der Waals surface area contributed by atoms with Gasteiger partial charge >= 0.3 is 0 Å². The summed E-state index contributed by atoms with van der Waals surface area (Å²) >= 11 is 1.80.